The first-order chi connectivity index (χ1) is 8.56. The van der Waals surface area contributed by atoms with Crippen LogP contribution in [0.3, 0.4) is 0 Å². The topological polar surface area (TPSA) is 40.5 Å². The molecule has 1 fully saturated rings. The maximum atomic E-state index is 11.0. The summed E-state index contributed by atoms with van der Waals surface area (Å²) in [6.07, 6.45) is 2.49. The van der Waals surface area contributed by atoms with Gasteiger partial charge in [0.05, 0.1) is 6.54 Å². The Morgan fingerprint density at radius 3 is 2.50 bits per heavy atom. The van der Waals surface area contributed by atoms with Gasteiger partial charge < -0.3 is 5.11 Å². The van der Waals surface area contributed by atoms with E-state index in [1.807, 2.05) is 0 Å². The lowest BCUT2D eigenvalue weighted by atomic mass is 10.0. The van der Waals surface area contributed by atoms with E-state index >= 15 is 0 Å². The van der Waals surface area contributed by atoms with Crippen molar-refractivity contribution in [2.75, 3.05) is 13.1 Å². The Balaban J connectivity index is 2.07. The van der Waals surface area contributed by atoms with E-state index in [4.69, 9.17) is 5.11 Å². The molecule has 1 unspecified atom stereocenters. The van der Waals surface area contributed by atoms with Crippen molar-refractivity contribution < 1.29 is 9.90 Å². The van der Waals surface area contributed by atoms with Crippen molar-refractivity contribution >= 4 is 5.97 Å². The summed E-state index contributed by atoms with van der Waals surface area (Å²) in [7, 11) is 0. The third-order valence-corrected chi connectivity index (χ3v) is 3.64. The van der Waals surface area contributed by atoms with Crippen molar-refractivity contribution in [2.24, 2.45) is 5.92 Å². The molecule has 0 amide bonds. The molecule has 3 nitrogen and oxygen atoms in total. The van der Waals surface area contributed by atoms with E-state index in [1.165, 1.54) is 24.0 Å². The van der Waals surface area contributed by atoms with Crippen LogP contribution in [-0.2, 0) is 4.79 Å². The molecule has 2 rings (SSSR count). The standard InChI is InChI=1S/C15H21NO2/c1-11-3-7-14(8-4-11)12(2)16(10-15(17)18)9-13-5-6-13/h3-4,7-8,12-13H,5-6,9-10H2,1-2H3,(H,17,18). The number of carboxylic acid groups (broad SMARTS) is 1. The van der Waals surface area contributed by atoms with Crippen LogP contribution in [-0.4, -0.2) is 29.1 Å². The van der Waals surface area contributed by atoms with E-state index in [1.54, 1.807) is 0 Å². The number of carboxylic acids is 1. The molecule has 0 aromatic heterocycles. The average Bonchev–Trinajstić information content (AvgIpc) is 3.12. The van der Waals surface area contributed by atoms with Gasteiger partial charge in [-0.25, -0.2) is 0 Å². The third kappa shape index (κ3) is 3.57. The Hall–Kier alpha value is -1.35. The van der Waals surface area contributed by atoms with Crippen LogP contribution < -0.4 is 0 Å². The molecule has 98 valence electrons. The maximum absolute atomic E-state index is 11.0. The molecule has 1 saturated carbocycles. The average molecular weight is 247 g/mol. The van der Waals surface area contributed by atoms with Gasteiger partial charge >= 0.3 is 5.97 Å². The second kappa shape index (κ2) is 5.53. The van der Waals surface area contributed by atoms with E-state index in [-0.39, 0.29) is 12.6 Å². The highest BCUT2D eigenvalue weighted by Crippen LogP contribution is 2.32. The first-order valence-electron chi connectivity index (χ1n) is 6.58. The zero-order valence-corrected chi connectivity index (χ0v) is 11.1. The molecule has 3 heteroatoms. The summed E-state index contributed by atoms with van der Waals surface area (Å²) in [4.78, 5) is 13.0. The van der Waals surface area contributed by atoms with Crippen LogP contribution in [0.2, 0.25) is 0 Å². The van der Waals surface area contributed by atoms with Crippen molar-refractivity contribution in [3.8, 4) is 0 Å². The lowest BCUT2D eigenvalue weighted by molar-refractivity contribution is -0.139. The summed E-state index contributed by atoms with van der Waals surface area (Å²) < 4.78 is 0. The summed E-state index contributed by atoms with van der Waals surface area (Å²) in [5.41, 5.74) is 2.43. The highest BCUT2D eigenvalue weighted by molar-refractivity contribution is 5.69. The van der Waals surface area contributed by atoms with Crippen LogP contribution in [0.5, 0.6) is 0 Å². The molecule has 0 spiro atoms. The van der Waals surface area contributed by atoms with Gasteiger partial charge in [-0.1, -0.05) is 29.8 Å². The van der Waals surface area contributed by atoms with E-state index in [2.05, 4.69) is 43.0 Å². The van der Waals surface area contributed by atoms with Crippen molar-refractivity contribution in [1.29, 1.82) is 0 Å². The molecule has 0 aliphatic heterocycles. The number of rotatable bonds is 6. The Kier molecular flexibility index (Phi) is 4.02. The fourth-order valence-corrected chi connectivity index (χ4v) is 2.22. The smallest absolute Gasteiger partial charge is 0.317 e. The van der Waals surface area contributed by atoms with Gasteiger partial charge in [0.25, 0.3) is 0 Å². The Morgan fingerprint density at radius 2 is 2.00 bits per heavy atom. The van der Waals surface area contributed by atoms with Crippen LogP contribution in [0.25, 0.3) is 0 Å². The predicted molar refractivity (Wildman–Crippen MR) is 71.5 cm³/mol. The normalized spacial score (nSPS) is 16.8. The molecule has 0 bridgehead atoms. The lowest BCUT2D eigenvalue weighted by Gasteiger charge is -2.28. The molecule has 0 heterocycles. The number of benzene rings is 1. The summed E-state index contributed by atoms with van der Waals surface area (Å²) in [6, 6.07) is 8.54. The van der Waals surface area contributed by atoms with Crippen molar-refractivity contribution in [1.82, 2.24) is 4.90 Å². The largest absolute Gasteiger partial charge is 0.480 e. The number of nitrogens with zero attached hydrogens (tertiary/aromatic N) is 1. The van der Waals surface area contributed by atoms with Crippen molar-refractivity contribution in [2.45, 2.75) is 32.7 Å². The van der Waals surface area contributed by atoms with Crippen LogP contribution >= 0.6 is 0 Å². The van der Waals surface area contributed by atoms with Crippen molar-refractivity contribution in [3.63, 3.8) is 0 Å². The van der Waals surface area contributed by atoms with Gasteiger partial charge in [-0.2, -0.15) is 0 Å². The minimum atomic E-state index is -0.741. The van der Waals surface area contributed by atoms with Crippen LogP contribution in [0.4, 0.5) is 0 Å². The molecule has 0 radical (unpaired) electrons. The zero-order valence-electron chi connectivity index (χ0n) is 11.1. The summed E-state index contributed by atoms with van der Waals surface area (Å²) in [6.45, 7) is 5.19. The van der Waals surface area contributed by atoms with E-state index in [0.29, 0.717) is 5.92 Å². The molecule has 1 aromatic carbocycles. The molecule has 18 heavy (non-hydrogen) atoms. The van der Waals surface area contributed by atoms with Gasteiger partial charge in [-0.3, -0.25) is 9.69 Å². The van der Waals surface area contributed by atoms with Gasteiger partial charge in [-0.05, 0) is 38.2 Å². The highest BCUT2D eigenvalue weighted by Gasteiger charge is 2.28. The fourth-order valence-electron chi connectivity index (χ4n) is 2.22. The van der Waals surface area contributed by atoms with Crippen molar-refractivity contribution in [3.05, 3.63) is 35.4 Å². The molecular formula is C15H21NO2. The summed E-state index contributed by atoms with van der Waals surface area (Å²) >= 11 is 0. The van der Waals surface area contributed by atoms with Crippen LogP contribution in [0.15, 0.2) is 24.3 Å². The number of aryl methyl sites for hydroxylation is 1. The lowest BCUT2D eigenvalue weighted by Crippen LogP contribution is -2.34. The minimum Gasteiger partial charge on any atom is -0.480 e. The minimum absolute atomic E-state index is 0.130. The van der Waals surface area contributed by atoms with Gasteiger partial charge in [0.1, 0.15) is 0 Å². The molecule has 1 aliphatic carbocycles. The molecule has 1 aliphatic rings. The predicted octanol–water partition coefficient (Wildman–Crippen LogP) is 2.85. The zero-order chi connectivity index (χ0) is 13.1. The van der Waals surface area contributed by atoms with Crippen LogP contribution in [0, 0.1) is 12.8 Å². The van der Waals surface area contributed by atoms with Gasteiger partial charge in [0, 0.05) is 12.6 Å². The Labute approximate surface area is 108 Å². The molecule has 1 atom stereocenters. The fraction of sp³-hybridized carbons (Fsp3) is 0.533. The quantitative estimate of drug-likeness (QED) is 0.840. The first-order valence-corrected chi connectivity index (χ1v) is 6.58. The molecule has 0 saturated heterocycles. The monoisotopic (exact) mass is 247 g/mol. The van der Waals surface area contributed by atoms with Crippen LogP contribution in [0.1, 0.15) is 36.9 Å². The molecular weight excluding hydrogens is 226 g/mol. The van der Waals surface area contributed by atoms with E-state index < -0.39 is 5.97 Å². The summed E-state index contributed by atoms with van der Waals surface area (Å²) in [5.74, 6) is -0.0353. The second-order valence-corrected chi connectivity index (χ2v) is 5.35. The molecule has 1 N–H and O–H groups in total. The number of hydrogen-bond acceptors (Lipinski definition) is 2. The first kappa shape index (κ1) is 13.1. The van der Waals surface area contributed by atoms with Gasteiger partial charge in [0.2, 0.25) is 0 Å². The highest BCUT2D eigenvalue weighted by atomic mass is 16.4. The maximum Gasteiger partial charge on any atom is 0.317 e. The number of carbonyl (C=O) groups is 1. The second-order valence-electron chi connectivity index (χ2n) is 5.35. The van der Waals surface area contributed by atoms with Gasteiger partial charge in [-0.15, -0.1) is 0 Å². The number of hydrogen-bond donors (Lipinski definition) is 1. The molecule has 1 aromatic rings. The number of aliphatic carboxylic acids is 1. The SMILES string of the molecule is Cc1ccc(C(C)N(CC(=O)O)CC2CC2)cc1. The van der Waals surface area contributed by atoms with Gasteiger partial charge in [0.15, 0.2) is 0 Å². The van der Waals surface area contributed by atoms with E-state index in [0.717, 1.165) is 6.54 Å². The summed E-state index contributed by atoms with van der Waals surface area (Å²) in [5, 5.41) is 9.02. The Morgan fingerprint density at radius 1 is 1.39 bits per heavy atom. The third-order valence-electron chi connectivity index (χ3n) is 3.64. The Bertz CT molecular complexity index is 409. The van der Waals surface area contributed by atoms with E-state index in [9.17, 15) is 4.79 Å².